The predicted octanol–water partition coefficient (Wildman–Crippen LogP) is 4.17. The fraction of sp³-hybridized carbons (Fsp3) is 0.231. The number of carbonyl (C=O) groups excluding carboxylic acids is 1. The van der Waals surface area contributed by atoms with Crippen LogP contribution in [0.5, 0.6) is 0 Å². The number of hydrogen-bond acceptors (Lipinski definition) is 6. The summed E-state index contributed by atoms with van der Waals surface area (Å²) in [5.74, 6) is -0.648. The van der Waals surface area contributed by atoms with Crippen LogP contribution in [0.4, 0.5) is 0 Å². The van der Waals surface area contributed by atoms with Crippen molar-refractivity contribution in [3.8, 4) is 0 Å². The van der Waals surface area contributed by atoms with Gasteiger partial charge in [0.2, 0.25) is 0 Å². The summed E-state index contributed by atoms with van der Waals surface area (Å²) in [7, 11) is -3.41. The topological polar surface area (TPSA) is 117 Å². The molecule has 0 radical (unpaired) electrons. The number of allylic oxidation sites excluding steroid dienone is 6. The number of amides is 1. The van der Waals surface area contributed by atoms with Crippen LogP contribution in [0.3, 0.4) is 0 Å². The lowest BCUT2D eigenvalue weighted by Gasteiger charge is -2.28. The van der Waals surface area contributed by atoms with Crippen LogP contribution in [0.1, 0.15) is 28.7 Å². The molecule has 3 aromatic rings. The first-order chi connectivity index (χ1) is 17.2. The number of rotatable bonds is 6. The van der Waals surface area contributed by atoms with Crippen LogP contribution >= 0.6 is 11.6 Å². The van der Waals surface area contributed by atoms with Crippen LogP contribution in [0.25, 0.3) is 10.9 Å². The van der Waals surface area contributed by atoms with Crippen LogP contribution in [-0.4, -0.2) is 42.0 Å². The molecule has 1 aromatic carbocycles. The van der Waals surface area contributed by atoms with Gasteiger partial charge in [-0.2, -0.15) is 5.10 Å². The number of H-pyrrole nitrogens is 1. The third-order valence-electron chi connectivity index (χ3n) is 6.26. The molecule has 0 saturated heterocycles. The van der Waals surface area contributed by atoms with Crippen LogP contribution in [0, 0.1) is 11.8 Å². The van der Waals surface area contributed by atoms with Crippen molar-refractivity contribution in [3.63, 3.8) is 0 Å². The van der Waals surface area contributed by atoms with Crippen LogP contribution in [0.2, 0.25) is 5.02 Å². The molecule has 2 N–H and O–H groups in total. The summed E-state index contributed by atoms with van der Waals surface area (Å²) in [5.41, 5.74) is 4.34. The zero-order valence-electron chi connectivity index (χ0n) is 19.7. The zero-order chi connectivity index (χ0) is 25.4. The van der Waals surface area contributed by atoms with Crippen molar-refractivity contribution < 1.29 is 13.2 Å². The van der Waals surface area contributed by atoms with Crippen molar-refractivity contribution in [1.29, 1.82) is 0 Å². The molecule has 1 amide bonds. The number of benzene rings is 1. The lowest BCUT2D eigenvalue weighted by Crippen LogP contribution is -2.26. The van der Waals surface area contributed by atoms with E-state index in [1.807, 2.05) is 25.1 Å². The molecule has 0 bridgehead atoms. The highest BCUT2D eigenvalue weighted by molar-refractivity contribution is 7.94. The minimum Gasteiger partial charge on any atom is -0.346 e. The second kappa shape index (κ2) is 9.48. The van der Waals surface area contributed by atoms with Gasteiger partial charge in [0.1, 0.15) is 0 Å². The maximum Gasteiger partial charge on any atom is 0.251 e. The lowest BCUT2D eigenvalue weighted by atomic mass is 9.83. The molecule has 3 heterocycles. The summed E-state index contributed by atoms with van der Waals surface area (Å²) in [6.45, 7) is 2.13. The first kappa shape index (κ1) is 24.1. The van der Waals surface area contributed by atoms with Gasteiger partial charge in [0.15, 0.2) is 9.84 Å². The third-order valence-corrected chi connectivity index (χ3v) is 7.74. The Morgan fingerprint density at radius 1 is 1.19 bits per heavy atom. The fourth-order valence-electron chi connectivity index (χ4n) is 4.54. The minimum absolute atomic E-state index is 0.0871. The number of nitrogens with zero attached hydrogens (tertiary/aromatic N) is 3. The van der Waals surface area contributed by atoms with Crippen molar-refractivity contribution >= 4 is 44.5 Å². The molecular formula is C26H24ClN5O3S. The fourth-order valence-corrected chi connectivity index (χ4v) is 5.79. The Hall–Kier alpha value is -3.56. The number of aromatic amines is 1. The Labute approximate surface area is 213 Å². The standard InChI is InChI=1S/C26H24ClN5O3S/c1-15-7-18-8-16(10-25(36(2,34)35)22(18)13-29-15)9-20-11-17(5-6-28-20)26(33)30-14-24-21-12-19(27)3-4-23(21)31-32-24/h3-8,10-13,18,22H,9,14H2,1-2H3,(H,30,33)(H,31,32). The summed E-state index contributed by atoms with van der Waals surface area (Å²) in [4.78, 5) is 21.9. The Kier molecular flexibility index (Phi) is 6.36. The molecule has 0 fully saturated rings. The van der Waals surface area contributed by atoms with E-state index < -0.39 is 9.84 Å². The van der Waals surface area contributed by atoms with E-state index in [0.29, 0.717) is 33.3 Å². The van der Waals surface area contributed by atoms with Gasteiger partial charge >= 0.3 is 0 Å². The summed E-state index contributed by atoms with van der Waals surface area (Å²) < 4.78 is 24.9. The Morgan fingerprint density at radius 2 is 2.03 bits per heavy atom. The third kappa shape index (κ3) is 5.03. The smallest absolute Gasteiger partial charge is 0.251 e. The highest BCUT2D eigenvalue weighted by Crippen LogP contribution is 2.36. The maximum absolute atomic E-state index is 12.9. The average Bonchev–Trinajstić information content (AvgIpc) is 3.23. The highest BCUT2D eigenvalue weighted by atomic mass is 35.5. The normalized spacial score (nSPS) is 19.4. The molecule has 10 heteroatoms. The van der Waals surface area contributed by atoms with Gasteiger partial charge in [-0.3, -0.25) is 19.9 Å². The molecule has 5 rings (SSSR count). The highest BCUT2D eigenvalue weighted by Gasteiger charge is 2.32. The molecule has 0 spiro atoms. The van der Waals surface area contributed by atoms with Crippen molar-refractivity contribution in [2.45, 2.75) is 19.9 Å². The van der Waals surface area contributed by atoms with E-state index >= 15 is 0 Å². The summed E-state index contributed by atoms with van der Waals surface area (Å²) in [6, 6.07) is 8.79. The molecule has 2 aliphatic rings. The molecule has 36 heavy (non-hydrogen) atoms. The number of aromatic nitrogens is 3. The van der Waals surface area contributed by atoms with Crippen molar-refractivity contribution in [3.05, 3.63) is 92.9 Å². The van der Waals surface area contributed by atoms with E-state index in [1.54, 1.807) is 36.7 Å². The van der Waals surface area contributed by atoms with E-state index in [9.17, 15) is 13.2 Å². The van der Waals surface area contributed by atoms with Gasteiger partial charge in [-0.1, -0.05) is 23.8 Å². The van der Waals surface area contributed by atoms with Gasteiger partial charge in [0, 0.05) is 64.3 Å². The van der Waals surface area contributed by atoms with E-state index in [-0.39, 0.29) is 24.3 Å². The Morgan fingerprint density at radius 3 is 2.83 bits per heavy atom. The number of nitrogens with one attached hydrogen (secondary N) is 2. The molecule has 8 nitrogen and oxygen atoms in total. The maximum atomic E-state index is 12.9. The zero-order valence-corrected chi connectivity index (χ0v) is 21.3. The first-order valence-corrected chi connectivity index (χ1v) is 13.6. The number of sulfone groups is 1. The second-order valence-electron chi connectivity index (χ2n) is 9.01. The van der Waals surface area contributed by atoms with Crippen molar-refractivity contribution in [1.82, 2.24) is 20.5 Å². The number of hydrogen-bond donors (Lipinski definition) is 2. The molecule has 184 valence electrons. The number of aliphatic imine (C=N–C) groups is 1. The molecule has 1 aliphatic carbocycles. The largest absolute Gasteiger partial charge is 0.346 e. The van der Waals surface area contributed by atoms with Crippen LogP contribution in [-0.2, 0) is 22.8 Å². The minimum atomic E-state index is -3.41. The predicted molar refractivity (Wildman–Crippen MR) is 140 cm³/mol. The second-order valence-corrected chi connectivity index (χ2v) is 11.5. The van der Waals surface area contributed by atoms with Gasteiger partial charge in [-0.15, -0.1) is 0 Å². The quantitative estimate of drug-likeness (QED) is 0.504. The molecule has 2 atom stereocenters. The number of fused-ring (bicyclic) bond motifs is 2. The van der Waals surface area contributed by atoms with E-state index in [2.05, 4.69) is 31.6 Å². The van der Waals surface area contributed by atoms with Crippen LogP contribution in [0.15, 0.2) is 75.9 Å². The molecule has 2 unspecified atom stereocenters. The monoisotopic (exact) mass is 521 g/mol. The number of pyridine rings is 1. The summed E-state index contributed by atoms with van der Waals surface area (Å²) in [5, 5.41) is 11.5. The number of carbonyl (C=O) groups is 1. The summed E-state index contributed by atoms with van der Waals surface area (Å²) in [6.07, 6.45) is 10.6. The molecular weight excluding hydrogens is 498 g/mol. The SMILES string of the molecule is CC1=CC2C=C(Cc3cc(C(=O)NCc4n[nH]c5ccc(Cl)cc45)ccn3)C=C(S(C)(=O)=O)C2C=N1. The molecule has 1 aliphatic heterocycles. The van der Waals surface area contributed by atoms with Crippen LogP contribution < -0.4 is 5.32 Å². The Bertz CT molecular complexity index is 1600. The van der Waals surface area contributed by atoms with Crippen molar-refractivity contribution in [2.75, 3.05) is 6.26 Å². The first-order valence-electron chi connectivity index (χ1n) is 11.4. The van der Waals surface area contributed by atoms with E-state index in [1.165, 1.54) is 6.26 Å². The lowest BCUT2D eigenvalue weighted by molar-refractivity contribution is 0.0950. The van der Waals surface area contributed by atoms with Gasteiger partial charge in [0.25, 0.3) is 5.91 Å². The van der Waals surface area contributed by atoms with Gasteiger partial charge in [-0.05, 0) is 48.9 Å². The van der Waals surface area contributed by atoms with Gasteiger partial charge in [0.05, 0.1) is 22.7 Å². The Balaban J connectivity index is 1.33. The summed E-state index contributed by atoms with van der Waals surface area (Å²) >= 11 is 6.09. The van der Waals surface area contributed by atoms with E-state index in [0.717, 1.165) is 22.2 Å². The van der Waals surface area contributed by atoms with Gasteiger partial charge < -0.3 is 5.32 Å². The van der Waals surface area contributed by atoms with E-state index in [4.69, 9.17) is 11.6 Å². The molecule has 2 aromatic heterocycles. The van der Waals surface area contributed by atoms with Crippen molar-refractivity contribution in [2.24, 2.45) is 16.8 Å². The molecule has 0 saturated carbocycles. The number of halogens is 1. The average molecular weight is 522 g/mol. The van der Waals surface area contributed by atoms with Gasteiger partial charge in [-0.25, -0.2) is 8.42 Å².